The molecule has 190 valence electrons. The molecule has 0 aromatic heterocycles. The quantitative estimate of drug-likeness (QED) is 0.0847. The van der Waals surface area contributed by atoms with E-state index in [2.05, 4.69) is 11.7 Å². The van der Waals surface area contributed by atoms with Crippen LogP contribution in [0.4, 0.5) is 0 Å². The van der Waals surface area contributed by atoms with Gasteiger partial charge in [0.2, 0.25) is 0 Å². The minimum atomic E-state index is -1.05. The number of esters is 4. The van der Waals surface area contributed by atoms with E-state index in [9.17, 15) is 19.2 Å². The van der Waals surface area contributed by atoms with Gasteiger partial charge in [-0.1, -0.05) is 77.6 Å². The van der Waals surface area contributed by atoms with E-state index in [-0.39, 0.29) is 5.76 Å². The number of hydrogen-bond donors (Lipinski definition) is 0. The molecule has 8 heteroatoms. The lowest BCUT2D eigenvalue weighted by Gasteiger charge is -2.21. The second-order valence-corrected chi connectivity index (χ2v) is 8.15. The second-order valence-electron chi connectivity index (χ2n) is 8.15. The molecular formula is C25H42O8. The number of hydrogen-bond acceptors (Lipinski definition) is 8. The lowest BCUT2D eigenvalue weighted by atomic mass is 10.0. The normalized spacial score (nSPS) is 12.4. The summed E-state index contributed by atoms with van der Waals surface area (Å²) in [5.74, 6) is -4.09. The molecule has 0 aliphatic heterocycles. The van der Waals surface area contributed by atoms with Crippen LogP contribution in [0.15, 0.2) is 11.5 Å². The third kappa shape index (κ3) is 16.0. The molecule has 0 heterocycles. The lowest BCUT2D eigenvalue weighted by Crippen LogP contribution is -2.27. The summed E-state index contributed by atoms with van der Waals surface area (Å²) in [5.41, 5.74) is 0. The fraction of sp³-hybridized carbons (Fsp3) is 0.760. The molecule has 0 aliphatic rings. The Labute approximate surface area is 198 Å². The standard InChI is InChI=1S/C25H42O8/c1-6-7-8-9-10-11-12-13-14-15-16-17-18-22(31-19(2)26)23(32-20(3)27)24(25(29)30-5)33-21(4)28/h22H,6-18H2,1-5H3. The fourth-order valence-electron chi connectivity index (χ4n) is 3.46. The average molecular weight is 471 g/mol. The maximum atomic E-state index is 12.1. The predicted molar refractivity (Wildman–Crippen MR) is 124 cm³/mol. The van der Waals surface area contributed by atoms with Crippen LogP contribution in [0.1, 0.15) is 111 Å². The van der Waals surface area contributed by atoms with Crippen LogP contribution in [0.3, 0.4) is 0 Å². The molecule has 0 aromatic carbocycles. The molecule has 0 bridgehead atoms. The van der Waals surface area contributed by atoms with Gasteiger partial charge in [-0.15, -0.1) is 0 Å². The number of rotatable bonds is 18. The third-order valence-electron chi connectivity index (χ3n) is 5.01. The first-order valence-corrected chi connectivity index (χ1v) is 12.1. The fourth-order valence-corrected chi connectivity index (χ4v) is 3.46. The van der Waals surface area contributed by atoms with E-state index < -0.39 is 35.7 Å². The van der Waals surface area contributed by atoms with Gasteiger partial charge in [-0.05, 0) is 12.8 Å². The van der Waals surface area contributed by atoms with Gasteiger partial charge >= 0.3 is 23.9 Å². The van der Waals surface area contributed by atoms with E-state index in [1.807, 2.05) is 0 Å². The third-order valence-corrected chi connectivity index (χ3v) is 5.01. The van der Waals surface area contributed by atoms with Crippen molar-refractivity contribution in [2.24, 2.45) is 0 Å². The van der Waals surface area contributed by atoms with E-state index >= 15 is 0 Å². The summed E-state index contributed by atoms with van der Waals surface area (Å²) in [6.07, 6.45) is 13.2. The lowest BCUT2D eigenvalue weighted by molar-refractivity contribution is -0.155. The van der Waals surface area contributed by atoms with Gasteiger partial charge in [0.25, 0.3) is 5.76 Å². The minimum absolute atomic E-state index is 0.307. The van der Waals surface area contributed by atoms with E-state index in [0.29, 0.717) is 12.8 Å². The summed E-state index contributed by atoms with van der Waals surface area (Å²) >= 11 is 0. The van der Waals surface area contributed by atoms with Crippen molar-refractivity contribution in [2.75, 3.05) is 7.11 Å². The second kappa shape index (κ2) is 19.1. The van der Waals surface area contributed by atoms with Crippen molar-refractivity contribution in [1.82, 2.24) is 0 Å². The summed E-state index contributed by atoms with van der Waals surface area (Å²) in [6, 6.07) is 0. The van der Waals surface area contributed by atoms with Crippen molar-refractivity contribution in [3.8, 4) is 0 Å². The molecule has 0 saturated heterocycles. The molecule has 0 amide bonds. The largest absolute Gasteiger partial charge is 0.463 e. The van der Waals surface area contributed by atoms with Crippen LogP contribution in [0, 0.1) is 0 Å². The molecule has 33 heavy (non-hydrogen) atoms. The summed E-state index contributed by atoms with van der Waals surface area (Å²) < 4.78 is 20.0. The molecule has 0 spiro atoms. The van der Waals surface area contributed by atoms with Gasteiger partial charge in [0, 0.05) is 20.8 Å². The number of methoxy groups -OCH3 is 1. The highest BCUT2D eigenvalue weighted by atomic mass is 16.6. The molecule has 0 rings (SSSR count). The maximum absolute atomic E-state index is 12.1. The summed E-state index contributed by atoms with van der Waals surface area (Å²) in [5, 5.41) is 0. The first-order chi connectivity index (χ1) is 15.7. The highest BCUT2D eigenvalue weighted by Crippen LogP contribution is 2.23. The van der Waals surface area contributed by atoms with Crippen LogP contribution >= 0.6 is 0 Å². The SMILES string of the molecule is CCCCCCCCCCCCCCC(OC(C)=O)C(OC(C)=O)=C(OC(C)=O)C(=O)OC. The Morgan fingerprint density at radius 3 is 1.48 bits per heavy atom. The zero-order valence-corrected chi connectivity index (χ0v) is 21.0. The molecule has 0 aliphatic carbocycles. The molecule has 0 aromatic rings. The van der Waals surface area contributed by atoms with Gasteiger partial charge in [-0.3, -0.25) is 14.4 Å². The van der Waals surface area contributed by atoms with E-state index in [1.165, 1.54) is 58.3 Å². The maximum Gasteiger partial charge on any atom is 0.377 e. The molecular weight excluding hydrogens is 428 g/mol. The van der Waals surface area contributed by atoms with Crippen LogP contribution in [0.2, 0.25) is 0 Å². The molecule has 0 fully saturated rings. The van der Waals surface area contributed by atoms with E-state index in [0.717, 1.165) is 40.2 Å². The van der Waals surface area contributed by atoms with Gasteiger partial charge in [0.05, 0.1) is 7.11 Å². The Kier molecular flexibility index (Phi) is 17.7. The average Bonchev–Trinajstić information content (AvgIpc) is 2.75. The Hall–Kier alpha value is -2.38. The van der Waals surface area contributed by atoms with Gasteiger partial charge < -0.3 is 18.9 Å². The van der Waals surface area contributed by atoms with Crippen LogP contribution in [-0.4, -0.2) is 37.1 Å². The van der Waals surface area contributed by atoms with E-state index in [4.69, 9.17) is 14.2 Å². The van der Waals surface area contributed by atoms with Crippen molar-refractivity contribution in [3.63, 3.8) is 0 Å². The molecule has 1 atom stereocenters. The highest BCUT2D eigenvalue weighted by molar-refractivity contribution is 5.90. The molecule has 0 saturated carbocycles. The summed E-state index contributed by atoms with van der Waals surface area (Å²) in [6.45, 7) is 5.67. The summed E-state index contributed by atoms with van der Waals surface area (Å²) in [4.78, 5) is 46.9. The monoisotopic (exact) mass is 470 g/mol. The van der Waals surface area contributed by atoms with Crippen molar-refractivity contribution in [1.29, 1.82) is 0 Å². The Balaban J connectivity index is 4.85. The molecule has 1 unspecified atom stereocenters. The van der Waals surface area contributed by atoms with Crippen molar-refractivity contribution in [3.05, 3.63) is 11.5 Å². The van der Waals surface area contributed by atoms with Crippen LogP contribution < -0.4 is 0 Å². The molecule has 8 nitrogen and oxygen atoms in total. The van der Waals surface area contributed by atoms with Gasteiger partial charge in [-0.25, -0.2) is 4.79 Å². The number of carbonyl (C=O) groups is 4. The van der Waals surface area contributed by atoms with Gasteiger partial charge in [0.1, 0.15) is 0 Å². The minimum Gasteiger partial charge on any atom is -0.463 e. The Morgan fingerprint density at radius 2 is 1.09 bits per heavy atom. The van der Waals surface area contributed by atoms with Crippen molar-refractivity contribution in [2.45, 2.75) is 117 Å². The number of carbonyl (C=O) groups excluding carboxylic acids is 4. The smallest absolute Gasteiger partial charge is 0.377 e. The number of ether oxygens (including phenoxy) is 4. The zero-order valence-electron chi connectivity index (χ0n) is 21.0. The van der Waals surface area contributed by atoms with Crippen molar-refractivity contribution < 1.29 is 38.1 Å². The molecule has 0 N–H and O–H groups in total. The van der Waals surface area contributed by atoms with Crippen LogP contribution in [0.5, 0.6) is 0 Å². The topological polar surface area (TPSA) is 105 Å². The zero-order chi connectivity index (χ0) is 25.1. The predicted octanol–water partition coefficient (Wildman–Crippen LogP) is 5.52. The first kappa shape index (κ1) is 30.6. The Bertz CT molecular complexity index is 638. The van der Waals surface area contributed by atoms with Crippen LogP contribution in [-0.2, 0) is 38.1 Å². The van der Waals surface area contributed by atoms with Gasteiger partial charge in [-0.2, -0.15) is 0 Å². The van der Waals surface area contributed by atoms with Gasteiger partial charge in [0.15, 0.2) is 11.9 Å². The van der Waals surface area contributed by atoms with E-state index in [1.54, 1.807) is 0 Å². The molecule has 0 radical (unpaired) electrons. The number of unbranched alkanes of at least 4 members (excludes halogenated alkanes) is 11. The Morgan fingerprint density at radius 1 is 0.636 bits per heavy atom. The van der Waals surface area contributed by atoms with Crippen molar-refractivity contribution >= 4 is 23.9 Å². The summed E-state index contributed by atoms with van der Waals surface area (Å²) in [7, 11) is 1.10. The highest BCUT2D eigenvalue weighted by Gasteiger charge is 2.31. The first-order valence-electron chi connectivity index (χ1n) is 12.1. The van der Waals surface area contributed by atoms with Crippen LogP contribution in [0.25, 0.3) is 0 Å².